The Balaban J connectivity index is 3.60. The third-order valence-corrected chi connectivity index (χ3v) is 11.4. The summed E-state index contributed by atoms with van der Waals surface area (Å²) in [6.45, 7) is 13.8. The SMILES string of the molecule is CC[Si](CC)(CC)OCCCOCC[Si](C)(C)OC. The second kappa shape index (κ2) is 10.1. The zero-order valence-corrected chi connectivity index (χ0v) is 15.9. The summed E-state index contributed by atoms with van der Waals surface area (Å²) in [5.74, 6) is 0. The minimum Gasteiger partial charge on any atom is -0.420 e. The number of hydrogen-bond acceptors (Lipinski definition) is 3. The number of rotatable bonds is 12. The molecule has 116 valence electrons. The van der Waals surface area contributed by atoms with Crippen LogP contribution in [-0.2, 0) is 13.6 Å². The molecular weight excluding hydrogens is 272 g/mol. The van der Waals surface area contributed by atoms with Crippen LogP contribution in [0.1, 0.15) is 27.2 Å². The Morgan fingerprint density at radius 1 is 0.842 bits per heavy atom. The molecule has 0 amide bonds. The molecule has 0 unspecified atom stereocenters. The first-order valence-electron chi connectivity index (χ1n) is 7.72. The van der Waals surface area contributed by atoms with Gasteiger partial charge in [0.15, 0.2) is 16.6 Å². The third kappa shape index (κ3) is 8.24. The van der Waals surface area contributed by atoms with Crippen LogP contribution in [0.3, 0.4) is 0 Å². The van der Waals surface area contributed by atoms with Crippen molar-refractivity contribution in [3.05, 3.63) is 0 Å². The van der Waals surface area contributed by atoms with E-state index < -0.39 is 16.6 Å². The molecule has 0 bridgehead atoms. The minimum atomic E-state index is -1.44. The lowest BCUT2D eigenvalue weighted by molar-refractivity contribution is 0.126. The van der Waals surface area contributed by atoms with E-state index in [9.17, 15) is 0 Å². The summed E-state index contributed by atoms with van der Waals surface area (Å²) in [6.07, 6.45) is 1.02. The van der Waals surface area contributed by atoms with E-state index in [0.717, 1.165) is 32.3 Å². The fourth-order valence-electron chi connectivity index (χ4n) is 2.03. The summed E-state index contributed by atoms with van der Waals surface area (Å²) in [6, 6.07) is 4.76. The first kappa shape index (κ1) is 19.3. The Hall–Kier alpha value is 0.314. The Labute approximate surface area is 122 Å². The van der Waals surface area contributed by atoms with Crippen molar-refractivity contribution < 1.29 is 13.6 Å². The summed E-state index contributed by atoms with van der Waals surface area (Å²) in [4.78, 5) is 0. The summed E-state index contributed by atoms with van der Waals surface area (Å²) in [7, 11) is -1.02. The molecule has 0 rings (SSSR count). The van der Waals surface area contributed by atoms with Crippen molar-refractivity contribution in [2.45, 2.75) is 64.5 Å². The second-order valence-corrected chi connectivity index (χ2v) is 15.0. The molecule has 0 fully saturated rings. The Morgan fingerprint density at radius 2 is 1.42 bits per heavy atom. The van der Waals surface area contributed by atoms with Gasteiger partial charge in [-0.25, -0.2) is 0 Å². The Morgan fingerprint density at radius 3 is 1.89 bits per heavy atom. The number of hydrogen-bond donors (Lipinski definition) is 0. The molecule has 0 radical (unpaired) electrons. The molecule has 0 aromatic rings. The topological polar surface area (TPSA) is 27.7 Å². The monoisotopic (exact) mass is 306 g/mol. The van der Waals surface area contributed by atoms with Crippen LogP contribution in [0.25, 0.3) is 0 Å². The van der Waals surface area contributed by atoms with E-state index in [0.29, 0.717) is 0 Å². The molecule has 0 aliphatic carbocycles. The van der Waals surface area contributed by atoms with Crippen LogP contribution in [0.2, 0.25) is 37.3 Å². The lowest BCUT2D eigenvalue weighted by Crippen LogP contribution is -2.36. The maximum atomic E-state index is 6.19. The zero-order valence-electron chi connectivity index (χ0n) is 13.9. The van der Waals surface area contributed by atoms with Gasteiger partial charge in [-0.15, -0.1) is 0 Å². The molecule has 0 aliphatic heterocycles. The van der Waals surface area contributed by atoms with Crippen LogP contribution >= 0.6 is 0 Å². The fourth-order valence-corrected chi connectivity index (χ4v) is 5.56. The van der Waals surface area contributed by atoms with E-state index in [1.165, 1.54) is 18.1 Å². The molecule has 0 N–H and O–H groups in total. The van der Waals surface area contributed by atoms with Crippen LogP contribution < -0.4 is 0 Å². The standard InChI is InChI=1S/C14H34O3Si2/c1-7-19(8-2,9-3)17-12-10-11-16-13-14-18(5,6)15-4/h7-14H2,1-6H3. The van der Waals surface area contributed by atoms with E-state index >= 15 is 0 Å². The van der Waals surface area contributed by atoms with Crippen molar-refractivity contribution in [1.29, 1.82) is 0 Å². The summed E-state index contributed by atoms with van der Waals surface area (Å²) in [5, 5.41) is 0. The van der Waals surface area contributed by atoms with Crippen molar-refractivity contribution >= 4 is 16.6 Å². The summed E-state index contributed by atoms with van der Waals surface area (Å²) in [5.41, 5.74) is 0. The highest BCUT2D eigenvalue weighted by Gasteiger charge is 2.28. The molecule has 19 heavy (non-hydrogen) atoms. The molecule has 0 atom stereocenters. The van der Waals surface area contributed by atoms with E-state index in [1.54, 1.807) is 0 Å². The fraction of sp³-hybridized carbons (Fsp3) is 1.00. The van der Waals surface area contributed by atoms with Gasteiger partial charge < -0.3 is 13.6 Å². The molecule has 0 saturated carbocycles. The van der Waals surface area contributed by atoms with Gasteiger partial charge in [-0.05, 0) is 43.7 Å². The highest BCUT2D eigenvalue weighted by Crippen LogP contribution is 2.21. The average molecular weight is 307 g/mol. The summed E-state index contributed by atoms with van der Waals surface area (Å²) >= 11 is 0. The normalized spacial score (nSPS) is 12.9. The maximum absolute atomic E-state index is 6.19. The first-order chi connectivity index (χ1) is 8.95. The average Bonchev–Trinajstić information content (AvgIpc) is 2.43. The van der Waals surface area contributed by atoms with E-state index in [2.05, 4.69) is 33.9 Å². The van der Waals surface area contributed by atoms with Gasteiger partial charge in [0.25, 0.3) is 0 Å². The van der Waals surface area contributed by atoms with E-state index in [1.807, 2.05) is 7.11 Å². The largest absolute Gasteiger partial charge is 0.420 e. The number of ether oxygens (including phenoxy) is 1. The molecule has 0 aromatic carbocycles. The lowest BCUT2D eigenvalue weighted by Gasteiger charge is -2.28. The molecule has 3 nitrogen and oxygen atoms in total. The minimum absolute atomic E-state index is 0.815. The lowest BCUT2D eigenvalue weighted by atomic mass is 10.5. The Kier molecular flexibility index (Phi) is 10.3. The maximum Gasteiger partial charge on any atom is 0.191 e. The van der Waals surface area contributed by atoms with Gasteiger partial charge in [0, 0.05) is 26.9 Å². The van der Waals surface area contributed by atoms with E-state index in [4.69, 9.17) is 13.6 Å². The predicted octanol–water partition coefficient (Wildman–Crippen LogP) is 4.27. The molecule has 0 heterocycles. The van der Waals surface area contributed by atoms with Crippen molar-refractivity contribution in [2.75, 3.05) is 26.9 Å². The van der Waals surface area contributed by atoms with Gasteiger partial charge in [-0.2, -0.15) is 0 Å². The molecule has 0 spiro atoms. The zero-order chi connectivity index (χ0) is 14.8. The van der Waals surface area contributed by atoms with Gasteiger partial charge in [0.05, 0.1) is 0 Å². The molecule has 0 aliphatic rings. The van der Waals surface area contributed by atoms with Gasteiger partial charge in [0.2, 0.25) is 0 Å². The van der Waals surface area contributed by atoms with Crippen molar-refractivity contribution in [3.8, 4) is 0 Å². The van der Waals surface area contributed by atoms with Gasteiger partial charge in [-0.3, -0.25) is 0 Å². The molecule has 0 saturated heterocycles. The molecule has 5 heteroatoms. The smallest absolute Gasteiger partial charge is 0.191 e. The highest BCUT2D eigenvalue weighted by molar-refractivity contribution is 6.73. The third-order valence-electron chi connectivity index (χ3n) is 4.18. The van der Waals surface area contributed by atoms with Gasteiger partial charge in [-0.1, -0.05) is 20.8 Å². The van der Waals surface area contributed by atoms with E-state index in [-0.39, 0.29) is 0 Å². The van der Waals surface area contributed by atoms with Crippen molar-refractivity contribution in [3.63, 3.8) is 0 Å². The van der Waals surface area contributed by atoms with Crippen molar-refractivity contribution in [1.82, 2.24) is 0 Å². The highest BCUT2D eigenvalue weighted by atomic mass is 28.4. The predicted molar refractivity (Wildman–Crippen MR) is 87.9 cm³/mol. The quantitative estimate of drug-likeness (QED) is 0.398. The molecule has 0 aromatic heterocycles. The van der Waals surface area contributed by atoms with Gasteiger partial charge in [0.1, 0.15) is 0 Å². The Bertz CT molecular complexity index is 210. The summed E-state index contributed by atoms with van der Waals surface area (Å²) < 4.78 is 17.4. The van der Waals surface area contributed by atoms with Crippen LogP contribution in [0, 0.1) is 0 Å². The van der Waals surface area contributed by atoms with Gasteiger partial charge >= 0.3 is 0 Å². The van der Waals surface area contributed by atoms with Crippen LogP contribution in [0.15, 0.2) is 0 Å². The molecular formula is C14H34O3Si2. The van der Waals surface area contributed by atoms with Crippen LogP contribution in [0.4, 0.5) is 0 Å². The van der Waals surface area contributed by atoms with Crippen LogP contribution in [-0.4, -0.2) is 43.6 Å². The van der Waals surface area contributed by atoms with Crippen molar-refractivity contribution in [2.24, 2.45) is 0 Å². The second-order valence-electron chi connectivity index (χ2n) is 5.77. The first-order valence-corrected chi connectivity index (χ1v) is 13.4. The van der Waals surface area contributed by atoms with Crippen LogP contribution in [0.5, 0.6) is 0 Å².